The highest BCUT2D eigenvalue weighted by atomic mass is 15.2. The van der Waals surface area contributed by atoms with Gasteiger partial charge in [0.25, 0.3) is 0 Å². The maximum atomic E-state index is 4.53. The molecule has 4 nitrogen and oxygen atoms in total. The fourth-order valence-corrected chi connectivity index (χ4v) is 2.10. The minimum Gasteiger partial charge on any atom is -0.370 e. The molecule has 0 unspecified atom stereocenters. The van der Waals surface area contributed by atoms with Gasteiger partial charge in [0.15, 0.2) is 0 Å². The van der Waals surface area contributed by atoms with Crippen molar-refractivity contribution in [2.75, 3.05) is 23.8 Å². The molecular weight excluding hydrogens is 224 g/mol. The summed E-state index contributed by atoms with van der Waals surface area (Å²) in [5, 5.41) is 3.33. The summed E-state index contributed by atoms with van der Waals surface area (Å²) in [6, 6.07) is 2.58. The fraction of sp³-hybridized carbons (Fsp3) is 0.714. The Balaban J connectivity index is 2.90. The zero-order chi connectivity index (χ0) is 13.5. The Labute approximate surface area is 111 Å². The fourth-order valence-electron chi connectivity index (χ4n) is 2.10. The minimum absolute atomic E-state index is 0.540. The number of hydrogen-bond acceptors (Lipinski definition) is 4. The Morgan fingerprint density at radius 1 is 1.22 bits per heavy atom. The first-order chi connectivity index (χ1) is 8.62. The molecule has 18 heavy (non-hydrogen) atoms. The molecule has 1 N–H and O–H groups in total. The third-order valence-corrected chi connectivity index (χ3v) is 3.23. The van der Waals surface area contributed by atoms with Gasteiger partial charge in [-0.1, -0.05) is 20.8 Å². The van der Waals surface area contributed by atoms with Gasteiger partial charge in [0.05, 0.1) is 0 Å². The van der Waals surface area contributed by atoms with Gasteiger partial charge in [0, 0.05) is 25.7 Å². The summed E-state index contributed by atoms with van der Waals surface area (Å²) in [6.07, 6.45) is 3.36. The van der Waals surface area contributed by atoms with Crippen molar-refractivity contribution in [3.8, 4) is 0 Å². The van der Waals surface area contributed by atoms with E-state index in [1.807, 2.05) is 13.0 Å². The number of nitrogens with one attached hydrogen (secondary N) is 1. The molecule has 0 bridgehead atoms. The van der Waals surface area contributed by atoms with Gasteiger partial charge in [0.2, 0.25) is 0 Å². The molecule has 0 spiro atoms. The van der Waals surface area contributed by atoms with Gasteiger partial charge in [-0.25, -0.2) is 9.97 Å². The first kappa shape index (κ1) is 14.7. The maximum absolute atomic E-state index is 4.53. The lowest BCUT2D eigenvalue weighted by Gasteiger charge is -2.27. The van der Waals surface area contributed by atoms with Crippen molar-refractivity contribution in [1.29, 1.82) is 0 Å². The Kier molecular flexibility index (Phi) is 5.89. The van der Waals surface area contributed by atoms with Gasteiger partial charge in [-0.2, -0.15) is 0 Å². The van der Waals surface area contributed by atoms with Crippen LogP contribution in [0.15, 0.2) is 6.07 Å². The van der Waals surface area contributed by atoms with E-state index in [2.05, 4.69) is 48.0 Å². The van der Waals surface area contributed by atoms with E-state index in [-0.39, 0.29) is 0 Å². The predicted octanol–water partition coefficient (Wildman–Crippen LogP) is 3.23. The zero-order valence-corrected chi connectivity index (χ0v) is 12.3. The third kappa shape index (κ3) is 3.86. The van der Waals surface area contributed by atoms with E-state index < -0.39 is 0 Å². The largest absolute Gasteiger partial charge is 0.370 e. The van der Waals surface area contributed by atoms with E-state index in [0.717, 1.165) is 43.3 Å². The van der Waals surface area contributed by atoms with E-state index >= 15 is 0 Å². The van der Waals surface area contributed by atoms with Crippen molar-refractivity contribution in [1.82, 2.24) is 9.97 Å². The molecule has 1 heterocycles. The monoisotopic (exact) mass is 250 g/mol. The summed E-state index contributed by atoms with van der Waals surface area (Å²) < 4.78 is 0. The molecule has 1 aromatic heterocycles. The topological polar surface area (TPSA) is 41.0 Å². The van der Waals surface area contributed by atoms with Crippen LogP contribution in [0.1, 0.15) is 45.9 Å². The van der Waals surface area contributed by atoms with Gasteiger partial charge in [0.1, 0.15) is 17.5 Å². The summed E-state index contributed by atoms with van der Waals surface area (Å²) >= 11 is 0. The molecular formula is C14H26N4. The maximum Gasteiger partial charge on any atom is 0.134 e. The van der Waals surface area contributed by atoms with Crippen LogP contribution >= 0.6 is 0 Å². The normalized spacial score (nSPS) is 10.8. The minimum atomic E-state index is 0.540. The molecule has 0 saturated carbocycles. The van der Waals surface area contributed by atoms with E-state index in [9.17, 15) is 0 Å². The molecule has 0 aliphatic carbocycles. The van der Waals surface area contributed by atoms with Crippen LogP contribution in [-0.2, 0) is 0 Å². The van der Waals surface area contributed by atoms with Crippen molar-refractivity contribution in [3.63, 3.8) is 0 Å². The number of aromatic nitrogens is 2. The first-order valence-electron chi connectivity index (χ1n) is 6.94. The number of rotatable bonds is 7. The van der Waals surface area contributed by atoms with Crippen molar-refractivity contribution >= 4 is 11.6 Å². The molecule has 0 saturated heterocycles. The molecule has 0 aromatic carbocycles. The van der Waals surface area contributed by atoms with Crippen LogP contribution in [-0.4, -0.2) is 29.6 Å². The van der Waals surface area contributed by atoms with Crippen molar-refractivity contribution in [2.45, 2.75) is 53.0 Å². The molecule has 0 radical (unpaired) electrons. The summed E-state index contributed by atoms with van der Waals surface area (Å²) in [4.78, 5) is 11.2. The second kappa shape index (κ2) is 7.19. The molecule has 0 fully saturated rings. The average Bonchev–Trinajstić information content (AvgIpc) is 2.37. The number of hydrogen-bond donors (Lipinski definition) is 1. The van der Waals surface area contributed by atoms with Gasteiger partial charge >= 0.3 is 0 Å². The van der Waals surface area contributed by atoms with Gasteiger partial charge in [-0.05, 0) is 26.2 Å². The van der Waals surface area contributed by atoms with Crippen molar-refractivity contribution in [2.24, 2.45) is 0 Å². The van der Waals surface area contributed by atoms with Crippen LogP contribution in [0.5, 0.6) is 0 Å². The lowest BCUT2D eigenvalue weighted by molar-refractivity contribution is 0.586. The Bertz CT molecular complexity index is 361. The van der Waals surface area contributed by atoms with E-state index in [1.165, 1.54) is 0 Å². The summed E-state index contributed by atoms with van der Waals surface area (Å²) in [6.45, 7) is 9.48. The molecule has 0 atom stereocenters. The second-order valence-corrected chi connectivity index (χ2v) is 4.67. The van der Waals surface area contributed by atoms with Crippen LogP contribution in [0.3, 0.4) is 0 Å². The molecule has 1 rings (SSSR count). The van der Waals surface area contributed by atoms with Gasteiger partial charge in [-0.3, -0.25) is 0 Å². The average molecular weight is 250 g/mol. The number of aryl methyl sites for hydroxylation is 1. The predicted molar refractivity (Wildman–Crippen MR) is 78.3 cm³/mol. The second-order valence-electron chi connectivity index (χ2n) is 4.67. The summed E-state index contributed by atoms with van der Waals surface area (Å²) in [5.41, 5.74) is 0. The van der Waals surface area contributed by atoms with Crippen LogP contribution < -0.4 is 10.2 Å². The van der Waals surface area contributed by atoms with E-state index in [4.69, 9.17) is 0 Å². The van der Waals surface area contributed by atoms with Crippen LogP contribution in [0.25, 0.3) is 0 Å². The number of nitrogens with zero attached hydrogens (tertiary/aromatic N) is 3. The lowest BCUT2D eigenvalue weighted by atomic mass is 10.1. The molecule has 102 valence electrons. The highest BCUT2D eigenvalue weighted by molar-refractivity contribution is 5.49. The Morgan fingerprint density at radius 2 is 1.89 bits per heavy atom. The standard InChI is InChI=1S/C14H26N4/c1-6-9-15-13-10-14(17-11(4)16-13)18(5)12(7-2)8-3/h10,12H,6-9H2,1-5H3,(H,15,16,17). The quantitative estimate of drug-likeness (QED) is 0.806. The smallest absolute Gasteiger partial charge is 0.134 e. The Hall–Kier alpha value is -1.32. The molecule has 0 aliphatic rings. The highest BCUT2D eigenvalue weighted by Crippen LogP contribution is 2.19. The van der Waals surface area contributed by atoms with Crippen LogP contribution in [0.4, 0.5) is 11.6 Å². The van der Waals surface area contributed by atoms with Crippen LogP contribution in [0.2, 0.25) is 0 Å². The van der Waals surface area contributed by atoms with E-state index in [1.54, 1.807) is 0 Å². The summed E-state index contributed by atoms with van der Waals surface area (Å²) in [5.74, 6) is 2.76. The number of anilines is 2. The third-order valence-electron chi connectivity index (χ3n) is 3.23. The van der Waals surface area contributed by atoms with Crippen LogP contribution in [0, 0.1) is 6.92 Å². The first-order valence-corrected chi connectivity index (χ1v) is 6.94. The molecule has 4 heteroatoms. The molecule has 0 aliphatic heterocycles. The Morgan fingerprint density at radius 3 is 2.44 bits per heavy atom. The lowest BCUT2D eigenvalue weighted by Crippen LogP contribution is -2.31. The zero-order valence-electron chi connectivity index (χ0n) is 12.3. The van der Waals surface area contributed by atoms with Gasteiger partial charge in [-0.15, -0.1) is 0 Å². The van der Waals surface area contributed by atoms with Gasteiger partial charge < -0.3 is 10.2 Å². The van der Waals surface area contributed by atoms with Crippen molar-refractivity contribution < 1.29 is 0 Å². The highest BCUT2D eigenvalue weighted by Gasteiger charge is 2.13. The SMILES string of the molecule is CCCNc1cc(N(C)C(CC)CC)nc(C)n1. The van der Waals surface area contributed by atoms with E-state index in [0.29, 0.717) is 6.04 Å². The molecule has 1 aromatic rings. The molecule has 0 amide bonds. The van der Waals surface area contributed by atoms with Crippen molar-refractivity contribution in [3.05, 3.63) is 11.9 Å². The summed E-state index contributed by atoms with van der Waals surface area (Å²) in [7, 11) is 2.11.